The molecule has 0 radical (unpaired) electrons. The van der Waals surface area contributed by atoms with Crippen LogP contribution in [-0.4, -0.2) is 8.42 Å². The van der Waals surface area contributed by atoms with Gasteiger partial charge in [0.1, 0.15) is 4.90 Å². The zero-order valence-electron chi connectivity index (χ0n) is 11.4. The van der Waals surface area contributed by atoms with Crippen LogP contribution in [0.4, 0.5) is 11.4 Å². The van der Waals surface area contributed by atoms with Gasteiger partial charge in [0.15, 0.2) is 0 Å². The van der Waals surface area contributed by atoms with Crippen LogP contribution in [-0.2, 0) is 10.0 Å². The maximum Gasteiger partial charge on any atom is 0.264 e. The summed E-state index contributed by atoms with van der Waals surface area (Å²) < 4.78 is 28.6. The molecule has 4 nitrogen and oxygen atoms in total. The van der Waals surface area contributed by atoms with E-state index >= 15 is 0 Å². The summed E-state index contributed by atoms with van der Waals surface area (Å²) in [4.78, 5) is 0.123. The molecule has 0 saturated heterocycles. The first kappa shape index (κ1) is 16.3. The number of nitrogens with two attached hydrogens (primary N) is 1. The van der Waals surface area contributed by atoms with E-state index in [-0.39, 0.29) is 4.90 Å². The second-order valence-electron chi connectivity index (χ2n) is 4.74. The van der Waals surface area contributed by atoms with E-state index in [1.165, 1.54) is 0 Å². The van der Waals surface area contributed by atoms with Crippen LogP contribution in [0.2, 0.25) is 0 Å². The molecule has 0 atom stereocenters. The Morgan fingerprint density at radius 3 is 2.19 bits per heavy atom. The molecule has 0 aliphatic heterocycles. The molecule has 0 aromatic heterocycles. The van der Waals surface area contributed by atoms with E-state index < -0.39 is 10.0 Å². The molecule has 0 heterocycles. The molecule has 2 aromatic carbocycles. The topological polar surface area (TPSA) is 72.2 Å². The summed E-state index contributed by atoms with van der Waals surface area (Å²) in [6, 6.07) is 8.72. The Labute approximate surface area is 141 Å². The number of aryl methyl sites for hydroxylation is 2. The van der Waals surface area contributed by atoms with E-state index in [0.717, 1.165) is 11.1 Å². The number of hydrogen-bond acceptors (Lipinski definition) is 3. The second kappa shape index (κ2) is 5.98. The molecule has 2 rings (SSSR count). The Hall–Kier alpha value is -1.05. The summed E-state index contributed by atoms with van der Waals surface area (Å²) >= 11 is 6.50. The van der Waals surface area contributed by atoms with Crippen molar-refractivity contribution >= 4 is 53.3 Å². The van der Waals surface area contributed by atoms with Crippen molar-refractivity contribution in [2.75, 3.05) is 10.5 Å². The van der Waals surface area contributed by atoms with Crippen LogP contribution >= 0.6 is 31.9 Å². The maximum atomic E-state index is 12.6. The molecule has 21 heavy (non-hydrogen) atoms. The first-order valence-corrected chi connectivity index (χ1v) is 9.12. The van der Waals surface area contributed by atoms with Gasteiger partial charge in [-0.05, 0) is 75.0 Å². The van der Waals surface area contributed by atoms with Crippen molar-refractivity contribution in [2.24, 2.45) is 0 Å². The van der Waals surface area contributed by atoms with Gasteiger partial charge in [0.05, 0.1) is 5.69 Å². The Morgan fingerprint density at radius 2 is 1.62 bits per heavy atom. The maximum absolute atomic E-state index is 12.6. The van der Waals surface area contributed by atoms with Gasteiger partial charge in [-0.2, -0.15) is 0 Å². The molecule has 3 N–H and O–H groups in total. The zero-order valence-corrected chi connectivity index (χ0v) is 15.4. The van der Waals surface area contributed by atoms with Crippen LogP contribution in [0, 0.1) is 13.8 Å². The Kier molecular flexibility index (Phi) is 4.65. The minimum absolute atomic E-state index is 0.123. The van der Waals surface area contributed by atoms with E-state index in [2.05, 4.69) is 36.6 Å². The molecule has 0 bridgehead atoms. The monoisotopic (exact) mass is 432 g/mol. The number of nitrogens with one attached hydrogen (secondary N) is 1. The van der Waals surface area contributed by atoms with Crippen molar-refractivity contribution in [3.8, 4) is 0 Å². The fourth-order valence-electron chi connectivity index (χ4n) is 1.88. The molecule has 7 heteroatoms. The van der Waals surface area contributed by atoms with Crippen LogP contribution in [0.5, 0.6) is 0 Å². The van der Waals surface area contributed by atoms with Gasteiger partial charge in [0.25, 0.3) is 10.0 Å². The third-order valence-electron chi connectivity index (χ3n) is 2.93. The lowest BCUT2D eigenvalue weighted by Crippen LogP contribution is -2.15. The van der Waals surface area contributed by atoms with Gasteiger partial charge in [0.2, 0.25) is 0 Å². The highest BCUT2D eigenvalue weighted by Crippen LogP contribution is 2.34. The molecule has 0 amide bonds. The van der Waals surface area contributed by atoms with E-state index in [1.807, 2.05) is 26.0 Å². The van der Waals surface area contributed by atoms with E-state index in [1.54, 1.807) is 18.2 Å². The first-order valence-electron chi connectivity index (χ1n) is 6.05. The fourth-order valence-corrected chi connectivity index (χ4v) is 5.62. The molecule has 0 fully saturated rings. The van der Waals surface area contributed by atoms with Crippen molar-refractivity contribution in [1.29, 1.82) is 0 Å². The van der Waals surface area contributed by atoms with Crippen molar-refractivity contribution in [3.05, 3.63) is 50.4 Å². The molecule has 0 saturated carbocycles. The number of nitrogen functional groups attached to an aromatic ring is 1. The van der Waals surface area contributed by atoms with Crippen LogP contribution in [0.25, 0.3) is 0 Å². The summed E-state index contributed by atoms with van der Waals surface area (Å²) in [5.41, 5.74) is 8.56. The van der Waals surface area contributed by atoms with Crippen LogP contribution in [0.15, 0.2) is 44.2 Å². The number of benzene rings is 2. The highest BCUT2D eigenvalue weighted by Gasteiger charge is 2.22. The summed E-state index contributed by atoms with van der Waals surface area (Å²) in [6.45, 7) is 3.76. The van der Waals surface area contributed by atoms with Crippen molar-refractivity contribution in [3.63, 3.8) is 0 Å². The lowest BCUT2D eigenvalue weighted by molar-refractivity contribution is 0.600. The standard InChI is InChI=1S/C14H14Br2N2O2S/c1-8-3-4-9(2)13(5-8)18-21(19,20)14-11(15)6-10(17)7-12(14)16/h3-7,18H,17H2,1-2H3. The quantitative estimate of drug-likeness (QED) is 0.712. The van der Waals surface area contributed by atoms with Crippen molar-refractivity contribution in [1.82, 2.24) is 0 Å². The first-order chi connectivity index (χ1) is 9.70. The summed E-state index contributed by atoms with van der Waals surface area (Å²) in [7, 11) is -3.73. The van der Waals surface area contributed by atoms with Crippen LogP contribution < -0.4 is 10.5 Å². The number of anilines is 2. The predicted octanol–water partition coefficient (Wildman–Crippen LogP) is 4.21. The molecular formula is C14H14Br2N2O2S. The van der Waals surface area contributed by atoms with Gasteiger partial charge < -0.3 is 5.73 Å². The van der Waals surface area contributed by atoms with Gasteiger partial charge in [-0.3, -0.25) is 4.72 Å². The zero-order chi connectivity index (χ0) is 15.8. The van der Waals surface area contributed by atoms with Gasteiger partial charge in [0, 0.05) is 14.6 Å². The third kappa shape index (κ3) is 3.59. The van der Waals surface area contributed by atoms with Gasteiger partial charge in [-0.1, -0.05) is 12.1 Å². The molecule has 0 spiro atoms. The van der Waals surface area contributed by atoms with Gasteiger partial charge in [-0.25, -0.2) is 8.42 Å². The highest BCUT2D eigenvalue weighted by atomic mass is 79.9. The van der Waals surface area contributed by atoms with Crippen LogP contribution in [0.1, 0.15) is 11.1 Å². The normalized spacial score (nSPS) is 11.4. The highest BCUT2D eigenvalue weighted by molar-refractivity contribution is 9.11. The molecule has 0 unspecified atom stereocenters. The van der Waals surface area contributed by atoms with E-state index in [4.69, 9.17) is 5.73 Å². The number of halogens is 2. The minimum Gasteiger partial charge on any atom is -0.399 e. The Bertz CT molecular complexity index is 782. The fraction of sp³-hybridized carbons (Fsp3) is 0.143. The van der Waals surface area contributed by atoms with Gasteiger partial charge >= 0.3 is 0 Å². The summed E-state index contributed by atoms with van der Waals surface area (Å²) in [5, 5.41) is 0. The average Bonchev–Trinajstić information content (AvgIpc) is 2.31. The third-order valence-corrected chi connectivity index (χ3v) is 6.17. The minimum atomic E-state index is -3.73. The summed E-state index contributed by atoms with van der Waals surface area (Å²) in [5.74, 6) is 0. The lowest BCUT2D eigenvalue weighted by atomic mass is 10.1. The smallest absolute Gasteiger partial charge is 0.264 e. The number of rotatable bonds is 3. The molecule has 0 aliphatic carbocycles. The van der Waals surface area contributed by atoms with E-state index in [0.29, 0.717) is 20.3 Å². The second-order valence-corrected chi connectivity index (χ2v) is 8.07. The molecule has 112 valence electrons. The molecule has 0 aliphatic rings. The SMILES string of the molecule is Cc1ccc(C)c(NS(=O)(=O)c2c(Br)cc(N)cc2Br)c1. The summed E-state index contributed by atoms with van der Waals surface area (Å²) in [6.07, 6.45) is 0. The average molecular weight is 434 g/mol. The van der Waals surface area contributed by atoms with Crippen LogP contribution in [0.3, 0.4) is 0 Å². The Morgan fingerprint density at radius 1 is 1.05 bits per heavy atom. The predicted molar refractivity (Wildman–Crippen MR) is 93.0 cm³/mol. The number of hydrogen-bond donors (Lipinski definition) is 2. The number of sulfonamides is 1. The Balaban J connectivity index is 2.51. The van der Waals surface area contributed by atoms with Crippen molar-refractivity contribution < 1.29 is 8.42 Å². The molecule has 2 aromatic rings. The van der Waals surface area contributed by atoms with Crippen molar-refractivity contribution in [2.45, 2.75) is 18.7 Å². The lowest BCUT2D eigenvalue weighted by Gasteiger charge is -2.14. The van der Waals surface area contributed by atoms with Gasteiger partial charge in [-0.15, -0.1) is 0 Å². The largest absolute Gasteiger partial charge is 0.399 e. The van der Waals surface area contributed by atoms with E-state index in [9.17, 15) is 8.42 Å². The molecular weight excluding hydrogens is 420 g/mol.